The van der Waals surface area contributed by atoms with Crippen LogP contribution in [0.4, 0.5) is 0 Å². The van der Waals surface area contributed by atoms with E-state index in [1.54, 1.807) is 0 Å². The Morgan fingerprint density at radius 1 is 0.828 bits per heavy atom. The second-order valence-electron chi connectivity index (χ2n) is 7.91. The topological polar surface area (TPSA) is 23.6 Å². The van der Waals surface area contributed by atoms with Gasteiger partial charge in [-0.25, -0.2) is 0 Å². The van der Waals surface area contributed by atoms with Gasteiger partial charge in [-0.05, 0) is 40.8 Å². The van der Waals surface area contributed by atoms with Crippen LogP contribution in [0.25, 0.3) is 5.57 Å². The Morgan fingerprint density at radius 3 is 2.14 bits per heavy atom. The molecule has 0 fully saturated rings. The summed E-state index contributed by atoms with van der Waals surface area (Å²) in [6.45, 7) is 8.07. The van der Waals surface area contributed by atoms with Gasteiger partial charge in [0.25, 0.3) is 5.91 Å². The molecule has 0 saturated carbocycles. The van der Waals surface area contributed by atoms with E-state index in [0.717, 1.165) is 23.2 Å². The Morgan fingerprint density at radius 2 is 1.41 bits per heavy atom. The maximum Gasteiger partial charge on any atom is 0.256 e. The lowest BCUT2D eigenvalue weighted by Crippen LogP contribution is -2.52. The normalized spacial score (nSPS) is 19.8. The predicted molar refractivity (Wildman–Crippen MR) is 116 cm³/mol. The molecule has 3 aromatic rings. The van der Waals surface area contributed by atoms with Crippen molar-refractivity contribution in [1.82, 2.24) is 9.80 Å². The van der Waals surface area contributed by atoms with E-state index < -0.39 is 0 Å². The summed E-state index contributed by atoms with van der Waals surface area (Å²) in [6.07, 6.45) is -0.167. The van der Waals surface area contributed by atoms with E-state index in [0.29, 0.717) is 6.54 Å². The van der Waals surface area contributed by atoms with Gasteiger partial charge >= 0.3 is 0 Å². The van der Waals surface area contributed by atoms with Gasteiger partial charge in [-0.2, -0.15) is 0 Å². The standard InChI is InChI=1S/C26H24N2O/c1-18-23-14-8-9-15-24(23)26(29)28-17-22-13-7-6-12-21(22)16-27(25(18)28)19(2)20-10-4-3-5-11-20/h3-15,19,25H,1,16-17H2,2H3. The van der Waals surface area contributed by atoms with E-state index in [-0.39, 0.29) is 18.1 Å². The second kappa shape index (κ2) is 7.02. The first-order valence-electron chi connectivity index (χ1n) is 10.1. The number of carbonyl (C=O) groups excluding carboxylic acids is 1. The van der Waals surface area contributed by atoms with Crippen molar-refractivity contribution in [3.05, 3.63) is 113 Å². The maximum atomic E-state index is 13.5. The molecule has 2 heterocycles. The van der Waals surface area contributed by atoms with Crippen molar-refractivity contribution in [2.24, 2.45) is 0 Å². The first-order chi connectivity index (χ1) is 14.1. The first-order valence-corrected chi connectivity index (χ1v) is 10.1. The fourth-order valence-corrected chi connectivity index (χ4v) is 4.68. The molecule has 0 aliphatic carbocycles. The molecule has 2 atom stereocenters. The molecule has 0 spiro atoms. The Labute approximate surface area is 171 Å². The number of rotatable bonds is 2. The van der Waals surface area contributed by atoms with Gasteiger partial charge < -0.3 is 4.90 Å². The largest absolute Gasteiger partial charge is 0.314 e. The number of benzene rings is 3. The summed E-state index contributed by atoms with van der Waals surface area (Å²) in [5, 5.41) is 0. The van der Waals surface area contributed by atoms with Crippen LogP contribution in [0.2, 0.25) is 0 Å². The Balaban J connectivity index is 1.67. The molecular weight excluding hydrogens is 356 g/mol. The van der Waals surface area contributed by atoms with Gasteiger partial charge in [-0.3, -0.25) is 9.69 Å². The molecule has 144 valence electrons. The number of carbonyl (C=O) groups is 1. The average molecular weight is 380 g/mol. The van der Waals surface area contributed by atoms with Gasteiger partial charge in [0.1, 0.15) is 6.17 Å². The van der Waals surface area contributed by atoms with Crippen molar-refractivity contribution in [2.45, 2.75) is 32.2 Å². The van der Waals surface area contributed by atoms with Crippen molar-refractivity contribution in [2.75, 3.05) is 0 Å². The molecule has 0 bridgehead atoms. The minimum Gasteiger partial charge on any atom is -0.314 e. The van der Waals surface area contributed by atoms with Gasteiger partial charge in [-0.15, -0.1) is 0 Å². The Hall–Kier alpha value is -3.17. The van der Waals surface area contributed by atoms with Gasteiger partial charge in [0.15, 0.2) is 0 Å². The average Bonchev–Trinajstić information content (AvgIpc) is 2.95. The number of hydrogen-bond acceptors (Lipinski definition) is 2. The van der Waals surface area contributed by atoms with E-state index in [1.807, 2.05) is 35.2 Å². The van der Waals surface area contributed by atoms with Crippen LogP contribution in [0.5, 0.6) is 0 Å². The van der Waals surface area contributed by atoms with Crippen molar-refractivity contribution in [1.29, 1.82) is 0 Å². The van der Waals surface area contributed by atoms with E-state index in [1.165, 1.54) is 16.7 Å². The SMILES string of the molecule is C=C1c2ccccc2C(=O)N2Cc3ccccc3CN(C(C)c3ccccc3)C12. The van der Waals surface area contributed by atoms with Crippen LogP contribution >= 0.6 is 0 Å². The minimum absolute atomic E-state index is 0.0833. The quantitative estimate of drug-likeness (QED) is 0.605. The summed E-state index contributed by atoms with van der Waals surface area (Å²) in [6, 6.07) is 27.0. The number of nitrogens with zero attached hydrogens (tertiary/aromatic N) is 2. The Kier molecular flexibility index (Phi) is 4.33. The molecule has 3 heteroatoms. The lowest BCUT2D eigenvalue weighted by atomic mass is 9.91. The van der Waals surface area contributed by atoms with Crippen LogP contribution in [-0.4, -0.2) is 21.9 Å². The number of fused-ring (bicyclic) bond motifs is 3. The van der Waals surface area contributed by atoms with Crippen LogP contribution in [-0.2, 0) is 13.1 Å². The summed E-state index contributed by atoms with van der Waals surface area (Å²) in [4.78, 5) is 17.9. The smallest absolute Gasteiger partial charge is 0.256 e. The van der Waals surface area contributed by atoms with Crippen molar-refractivity contribution >= 4 is 11.5 Å². The van der Waals surface area contributed by atoms with Crippen LogP contribution in [0.15, 0.2) is 85.4 Å². The second-order valence-corrected chi connectivity index (χ2v) is 7.91. The van der Waals surface area contributed by atoms with Crippen molar-refractivity contribution in [3.8, 4) is 0 Å². The molecule has 3 nitrogen and oxygen atoms in total. The molecule has 29 heavy (non-hydrogen) atoms. The third-order valence-corrected chi connectivity index (χ3v) is 6.28. The monoisotopic (exact) mass is 380 g/mol. The first kappa shape index (κ1) is 17.9. The van der Waals surface area contributed by atoms with E-state index in [2.05, 4.69) is 66.9 Å². The zero-order valence-corrected chi connectivity index (χ0v) is 16.6. The molecule has 2 aliphatic heterocycles. The van der Waals surface area contributed by atoms with E-state index >= 15 is 0 Å². The molecule has 0 radical (unpaired) electrons. The highest BCUT2D eigenvalue weighted by molar-refractivity contribution is 6.03. The van der Waals surface area contributed by atoms with Gasteiger partial charge in [0.2, 0.25) is 0 Å². The maximum absolute atomic E-state index is 13.5. The van der Waals surface area contributed by atoms with Crippen LogP contribution in [0, 0.1) is 0 Å². The summed E-state index contributed by atoms with van der Waals surface area (Å²) in [5.74, 6) is 0.0833. The fourth-order valence-electron chi connectivity index (χ4n) is 4.68. The highest BCUT2D eigenvalue weighted by Gasteiger charge is 2.42. The summed E-state index contributed by atoms with van der Waals surface area (Å²) < 4.78 is 0. The van der Waals surface area contributed by atoms with Gasteiger partial charge in [0, 0.05) is 24.7 Å². The summed E-state index contributed by atoms with van der Waals surface area (Å²) in [5.41, 5.74) is 6.44. The van der Waals surface area contributed by atoms with E-state index in [4.69, 9.17) is 0 Å². The predicted octanol–water partition coefficient (Wildman–Crippen LogP) is 5.26. The van der Waals surface area contributed by atoms with Gasteiger partial charge in [-0.1, -0.05) is 79.4 Å². The molecule has 5 rings (SSSR count). The highest BCUT2D eigenvalue weighted by Crippen LogP contribution is 2.40. The molecule has 2 unspecified atom stereocenters. The van der Waals surface area contributed by atoms with Crippen LogP contribution < -0.4 is 0 Å². The third kappa shape index (κ3) is 2.90. The van der Waals surface area contributed by atoms with Crippen molar-refractivity contribution in [3.63, 3.8) is 0 Å². The third-order valence-electron chi connectivity index (χ3n) is 6.28. The molecular formula is C26H24N2O. The van der Waals surface area contributed by atoms with Gasteiger partial charge in [0.05, 0.1) is 0 Å². The van der Waals surface area contributed by atoms with E-state index in [9.17, 15) is 4.79 Å². The molecule has 1 amide bonds. The van der Waals surface area contributed by atoms with Crippen LogP contribution in [0.3, 0.4) is 0 Å². The molecule has 0 saturated heterocycles. The number of hydrogen-bond donors (Lipinski definition) is 0. The lowest BCUT2D eigenvalue weighted by Gasteiger charge is -2.45. The molecule has 0 N–H and O–H groups in total. The van der Waals surface area contributed by atoms with Crippen LogP contribution in [0.1, 0.15) is 45.6 Å². The minimum atomic E-state index is -0.167. The Bertz CT molecular complexity index is 1090. The highest BCUT2D eigenvalue weighted by atomic mass is 16.2. The molecule has 3 aromatic carbocycles. The summed E-state index contributed by atoms with van der Waals surface area (Å²) >= 11 is 0. The van der Waals surface area contributed by atoms with Crippen molar-refractivity contribution < 1.29 is 4.79 Å². The lowest BCUT2D eigenvalue weighted by molar-refractivity contribution is 0.0329. The fraction of sp³-hybridized carbons (Fsp3) is 0.192. The molecule has 0 aromatic heterocycles. The number of amides is 1. The zero-order chi connectivity index (χ0) is 20.0. The summed E-state index contributed by atoms with van der Waals surface area (Å²) in [7, 11) is 0. The zero-order valence-electron chi connectivity index (χ0n) is 16.6. The molecule has 2 aliphatic rings.